The fraction of sp³-hybridized carbons (Fsp3) is 0.414. The number of hydrogen-bond acceptors (Lipinski definition) is 6. The molecule has 1 aliphatic carbocycles. The molecule has 0 aromatic heterocycles. The third kappa shape index (κ3) is 8.83. The van der Waals surface area contributed by atoms with Gasteiger partial charge in [0, 0.05) is 34.8 Å². The normalized spacial score (nSPS) is 18.6. The molecule has 3 rings (SSSR count). The highest BCUT2D eigenvalue weighted by Gasteiger charge is 2.25. The first kappa shape index (κ1) is 28.1. The molecular weight excluding hydrogens is 470 g/mol. The molecule has 1 saturated carbocycles. The molecular formula is C29H35N3O5. The van der Waals surface area contributed by atoms with E-state index in [1.807, 2.05) is 24.3 Å². The summed E-state index contributed by atoms with van der Waals surface area (Å²) in [5, 5.41) is 24.1. The lowest BCUT2D eigenvalue weighted by Crippen LogP contribution is -2.48. The molecule has 0 heterocycles. The minimum absolute atomic E-state index is 0.00241. The van der Waals surface area contributed by atoms with Gasteiger partial charge in [-0.2, -0.15) is 0 Å². The second-order valence-corrected chi connectivity index (χ2v) is 9.60. The van der Waals surface area contributed by atoms with Crippen LogP contribution in [-0.4, -0.2) is 52.6 Å². The summed E-state index contributed by atoms with van der Waals surface area (Å²) in [5.74, 6) is 5.42. The lowest BCUT2D eigenvalue weighted by molar-refractivity contribution is -0.126. The van der Waals surface area contributed by atoms with E-state index in [1.54, 1.807) is 24.3 Å². The second kappa shape index (κ2) is 13.7. The fourth-order valence-corrected chi connectivity index (χ4v) is 4.43. The lowest BCUT2D eigenvalue weighted by Gasteiger charge is -2.26. The molecule has 196 valence electrons. The number of hydrogen-bond donors (Lipinski definition) is 5. The van der Waals surface area contributed by atoms with E-state index in [0.717, 1.165) is 43.4 Å². The van der Waals surface area contributed by atoms with Gasteiger partial charge in [-0.1, -0.05) is 24.7 Å². The number of Topliss-reactive ketones (excluding diaryl/α,β-unsaturated/α-hetero) is 1. The molecule has 0 aliphatic heterocycles. The van der Waals surface area contributed by atoms with Gasteiger partial charge in [0.25, 0.3) is 5.91 Å². The highest BCUT2D eigenvalue weighted by Crippen LogP contribution is 2.27. The molecule has 2 aromatic carbocycles. The van der Waals surface area contributed by atoms with Crippen molar-refractivity contribution in [3.05, 3.63) is 65.2 Å². The first-order valence-electron chi connectivity index (χ1n) is 12.6. The minimum atomic E-state index is -1.18. The predicted molar refractivity (Wildman–Crippen MR) is 142 cm³/mol. The quantitative estimate of drug-likeness (QED) is 0.331. The van der Waals surface area contributed by atoms with E-state index in [-0.39, 0.29) is 11.9 Å². The van der Waals surface area contributed by atoms with Gasteiger partial charge < -0.3 is 26.6 Å². The first-order valence-corrected chi connectivity index (χ1v) is 12.6. The molecule has 0 radical (unpaired) electrons. The number of ketones is 1. The number of carbonyl (C=O) groups is 3. The molecule has 8 heteroatoms. The van der Waals surface area contributed by atoms with Crippen molar-refractivity contribution >= 4 is 23.3 Å². The molecule has 37 heavy (non-hydrogen) atoms. The van der Waals surface area contributed by atoms with Crippen LogP contribution in [0.15, 0.2) is 48.5 Å². The first-order chi connectivity index (χ1) is 17.7. The summed E-state index contributed by atoms with van der Waals surface area (Å²) in [5.41, 5.74) is 8.52. The highest BCUT2D eigenvalue weighted by molar-refractivity contribution is 5.98. The van der Waals surface area contributed by atoms with E-state index in [0.29, 0.717) is 23.5 Å². The van der Waals surface area contributed by atoms with Crippen LogP contribution in [0.1, 0.15) is 66.9 Å². The van der Waals surface area contributed by atoms with Crippen LogP contribution >= 0.6 is 0 Å². The summed E-state index contributed by atoms with van der Waals surface area (Å²) >= 11 is 0. The number of benzene rings is 2. The Morgan fingerprint density at radius 1 is 1.03 bits per heavy atom. The van der Waals surface area contributed by atoms with Crippen molar-refractivity contribution in [3.63, 3.8) is 0 Å². The Bertz CT molecular complexity index is 1130. The summed E-state index contributed by atoms with van der Waals surface area (Å²) in [6.07, 6.45) is 4.62. The van der Waals surface area contributed by atoms with Gasteiger partial charge in [-0.25, -0.2) is 0 Å². The molecule has 0 bridgehead atoms. The van der Waals surface area contributed by atoms with Gasteiger partial charge in [-0.15, -0.1) is 0 Å². The number of carbonyl (C=O) groups excluding carboxylic acids is 3. The molecule has 2 aromatic rings. The zero-order chi connectivity index (χ0) is 26.8. The van der Waals surface area contributed by atoms with Crippen molar-refractivity contribution in [1.82, 2.24) is 5.32 Å². The number of anilines is 1. The summed E-state index contributed by atoms with van der Waals surface area (Å²) in [4.78, 5) is 36.4. The number of nitrogens with two attached hydrogens (primary N) is 1. The van der Waals surface area contributed by atoms with Crippen LogP contribution in [0.5, 0.6) is 0 Å². The molecule has 8 nitrogen and oxygen atoms in total. The molecule has 1 aliphatic rings. The van der Waals surface area contributed by atoms with E-state index < -0.39 is 30.4 Å². The number of amides is 2. The Kier molecular flexibility index (Phi) is 10.4. The van der Waals surface area contributed by atoms with Gasteiger partial charge in [0.15, 0.2) is 5.78 Å². The van der Waals surface area contributed by atoms with Crippen molar-refractivity contribution in [3.8, 4) is 11.8 Å². The van der Waals surface area contributed by atoms with Crippen molar-refractivity contribution in [2.24, 2.45) is 11.7 Å². The fourth-order valence-electron chi connectivity index (χ4n) is 4.43. The predicted octanol–water partition coefficient (Wildman–Crippen LogP) is 2.36. The molecule has 0 spiro atoms. The molecule has 0 saturated heterocycles. The Morgan fingerprint density at radius 3 is 2.22 bits per heavy atom. The van der Waals surface area contributed by atoms with E-state index in [1.165, 1.54) is 6.92 Å². The molecule has 1 fully saturated rings. The monoisotopic (exact) mass is 505 g/mol. The van der Waals surface area contributed by atoms with Crippen molar-refractivity contribution < 1.29 is 24.6 Å². The third-order valence-electron chi connectivity index (χ3n) is 6.54. The number of aliphatic hydroxyl groups excluding tert-OH is 2. The molecule has 2 unspecified atom stereocenters. The van der Waals surface area contributed by atoms with Gasteiger partial charge in [-0.05, 0) is 80.6 Å². The smallest absolute Gasteiger partial charge is 0.251 e. The van der Waals surface area contributed by atoms with Crippen molar-refractivity contribution in [1.29, 1.82) is 0 Å². The van der Waals surface area contributed by atoms with Crippen LogP contribution < -0.4 is 16.4 Å². The largest absolute Gasteiger partial charge is 0.391 e. The number of rotatable bonds is 9. The van der Waals surface area contributed by atoms with E-state index in [4.69, 9.17) is 10.8 Å². The number of aliphatic hydroxyl groups is 2. The summed E-state index contributed by atoms with van der Waals surface area (Å²) in [6.45, 7) is 0.597. The molecule has 2 amide bonds. The summed E-state index contributed by atoms with van der Waals surface area (Å²) in [7, 11) is 0. The van der Waals surface area contributed by atoms with Crippen molar-refractivity contribution in [2.45, 2.75) is 63.6 Å². The molecule has 6 N–H and O–H groups in total. The van der Waals surface area contributed by atoms with E-state index in [9.17, 15) is 19.5 Å². The minimum Gasteiger partial charge on any atom is -0.391 e. The lowest BCUT2D eigenvalue weighted by atomic mass is 9.83. The van der Waals surface area contributed by atoms with Gasteiger partial charge in [0.2, 0.25) is 5.91 Å². The Labute approximate surface area is 217 Å². The van der Waals surface area contributed by atoms with E-state index >= 15 is 0 Å². The van der Waals surface area contributed by atoms with Crippen LogP contribution in [0.3, 0.4) is 0 Å². The summed E-state index contributed by atoms with van der Waals surface area (Å²) < 4.78 is 0. The van der Waals surface area contributed by atoms with Gasteiger partial charge in [-0.3, -0.25) is 14.4 Å². The maximum atomic E-state index is 12.4. The SMILES string of the molecule is C[C@@H](O)[C@H](NC(=O)c1ccc(C#Cc2ccc(NC(=O)CCC3CCCC(N)C3)cc2)cc1)C(=O)CO. The maximum Gasteiger partial charge on any atom is 0.251 e. The Balaban J connectivity index is 1.51. The van der Waals surface area contributed by atoms with Crippen LogP contribution in [0.2, 0.25) is 0 Å². The zero-order valence-electron chi connectivity index (χ0n) is 21.1. The van der Waals surface area contributed by atoms with E-state index in [2.05, 4.69) is 22.5 Å². The van der Waals surface area contributed by atoms with Crippen LogP contribution in [0, 0.1) is 17.8 Å². The van der Waals surface area contributed by atoms with Gasteiger partial charge in [0.05, 0.1) is 6.10 Å². The maximum absolute atomic E-state index is 12.4. The van der Waals surface area contributed by atoms with Crippen LogP contribution in [0.25, 0.3) is 0 Å². The third-order valence-corrected chi connectivity index (χ3v) is 6.54. The van der Waals surface area contributed by atoms with Gasteiger partial charge in [0.1, 0.15) is 12.6 Å². The van der Waals surface area contributed by atoms with Gasteiger partial charge >= 0.3 is 0 Å². The molecule has 4 atom stereocenters. The van der Waals surface area contributed by atoms with Crippen molar-refractivity contribution in [2.75, 3.05) is 11.9 Å². The zero-order valence-corrected chi connectivity index (χ0v) is 21.1. The Hall–Kier alpha value is -3.51. The topological polar surface area (TPSA) is 142 Å². The van der Waals surface area contributed by atoms with Crippen LogP contribution in [-0.2, 0) is 9.59 Å². The Morgan fingerprint density at radius 2 is 1.65 bits per heavy atom. The standard InChI is InChI=1S/C29H35N3O5/c1-19(34)28(26(35)18-33)32-29(37)23-12-7-20(8-13-23)5-6-21-9-14-25(15-10-21)31-27(36)16-11-22-3-2-4-24(30)17-22/h7-10,12-15,19,22,24,28,33-34H,2-4,11,16-18,30H2,1H3,(H,31,36)(H,32,37)/t19-,22?,24?,28+/m1/s1. The second-order valence-electron chi connectivity index (χ2n) is 9.60. The van der Waals surface area contributed by atoms with Crippen LogP contribution in [0.4, 0.5) is 5.69 Å². The average Bonchev–Trinajstić information content (AvgIpc) is 2.90. The highest BCUT2D eigenvalue weighted by atomic mass is 16.3. The summed E-state index contributed by atoms with van der Waals surface area (Å²) in [6, 6.07) is 12.9. The average molecular weight is 506 g/mol. The number of nitrogens with one attached hydrogen (secondary N) is 2.